The predicted octanol–water partition coefficient (Wildman–Crippen LogP) is 4.54. The first kappa shape index (κ1) is 30.1. The van der Waals surface area contributed by atoms with E-state index >= 15 is 0 Å². The van der Waals surface area contributed by atoms with Crippen LogP contribution >= 0.6 is 11.6 Å². The number of halogens is 1. The van der Waals surface area contributed by atoms with E-state index in [2.05, 4.69) is 10.6 Å². The highest BCUT2D eigenvalue weighted by molar-refractivity contribution is 7.93. The highest BCUT2D eigenvalue weighted by Gasteiger charge is 2.43. The summed E-state index contributed by atoms with van der Waals surface area (Å²) in [6.45, 7) is 6.70. The number of amides is 2. The van der Waals surface area contributed by atoms with Crippen LogP contribution in [0.4, 0.5) is 11.4 Å². The molecule has 1 aliphatic heterocycles. The number of fused-ring (bicyclic) bond motifs is 1. The van der Waals surface area contributed by atoms with Gasteiger partial charge in [0, 0.05) is 11.4 Å². The first-order valence-corrected chi connectivity index (χ1v) is 14.9. The number of nitrogens with one attached hydrogen (secondary N) is 2. The number of hydrogen-bond acceptors (Lipinski definition) is 6. The van der Waals surface area contributed by atoms with Gasteiger partial charge in [-0.25, -0.2) is 13.2 Å². The number of rotatable bonds is 9. The summed E-state index contributed by atoms with van der Waals surface area (Å²) in [6.07, 6.45) is -0.793. The number of sulfonamides is 1. The predicted molar refractivity (Wildman–Crippen MR) is 157 cm³/mol. The minimum absolute atomic E-state index is 0.0308. The number of benzene rings is 3. The Morgan fingerprint density at radius 3 is 2.37 bits per heavy atom. The van der Waals surface area contributed by atoms with Gasteiger partial charge in [0.05, 0.1) is 28.8 Å². The lowest BCUT2D eigenvalue weighted by molar-refractivity contribution is -0.151. The van der Waals surface area contributed by atoms with Crippen LogP contribution in [0, 0.1) is 13.8 Å². The Hall–Kier alpha value is -3.89. The van der Waals surface area contributed by atoms with E-state index in [9.17, 15) is 22.8 Å². The standard InChI is InChI=1S/C30H32ClN3O6S/c1-18(2)40-30(37)24(16-21-10-6-5-7-11-21)32-28(35)17-26-29(36)33-23-12-8-9-13-25(23)34(26)41(38,39)27-15-19(3)22(31)14-20(27)4/h5-15,18,24,26H,16-17H2,1-4H3,(H,32,35)(H,33,36)/t24-,26-/m1/s1. The Bertz CT molecular complexity index is 1580. The van der Waals surface area contributed by atoms with Crippen LogP contribution in [0.2, 0.25) is 5.02 Å². The van der Waals surface area contributed by atoms with Gasteiger partial charge >= 0.3 is 5.97 Å². The molecule has 0 spiro atoms. The van der Waals surface area contributed by atoms with Crippen molar-refractivity contribution in [1.29, 1.82) is 0 Å². The quantitative estimate of drug-likeness (QED) is 0.349. The number of para-hydroxylation sites is 2. The van der Waals surface area contributed by atoms with E-state index < -0.39 is 52.4 Å². The lowest BCUT2D eigenvalue weighted by Gasteiger charge is -2.37. The minimum Gasteiger partial charge on any atom is -0.461 e. The fourth-order valence-electron chi connectivity index (χ4n) is 4.66. The molecule has 0 aliphatic carbocycles. The zero-order valence-corrected chi connectivity index (χ0v) is 24.8. The van der Waals surface area contributed by atoms with E-state index in [4.69, 9.17) is 16.3 Å². The summed E-state index contributed by atoms with van der Waals surface area (Å²) < 4.78 is 34.7. The smallest absolute Gasteiger partial charge is 0.329 e. The Balaban J connectivity index is 1.69. The summed E-state index contributed by atoms with van der Waals surface area (Å²) in [5.74, 6) is -1.99. The molecule has 2 N–H and O–H groups in total. The van der Waals surface area contributed by atoms with Gasteiger partial charge in [-0.2, -0.15) is 0 Å². The average molecular weight is 598 g/mol. The number of ether oxygens (including phenoxy) is 1. The van der Waals surface area contributed by atoms with Crippen LogP contribution in [0.1, 0.15) is 37.0 Å². The highest BCUT2D eigenvalue weighted by Crippen LogP contribution is 2.38. The fraction of sp³-hybridized carbons (Fsp3) is 0.300. The van der Waals surface area contributed by atoms with Crippen molar-refractivity contribution in [2.24, 2.45) is 0 Å². The molecule has 3 aromatic carbocycles. The number of anilines is 2. The molecular formula is C30H32ClN3O6S. The second-order valence-corrected chi connectivity index (χ2v) is 12.4. The van der Waals surface area contributed by atoms with E-state index in [1.54, 1.807) is 58.0 Å². The summed E-state index contributed by atoms with van der Waals surface area (Å²) in [5, 5.41) is 5.79. The summed E-state index contributed by atoms with van der Waals surface area (Å²) in [6, 6.07) is 16.1. The van der Waals surface area contributed by atoms with Crippen LogP contribution in [0.5, 0.6) is 0 Å². The molecule has 0 bridgehead atoms. The molecule has 0 fully saturated rings. The van der Waals surface area contributed by atoms with Crippen LogP contribution < -0.4 is 14.9 Å². The second kappa shape index (κ2) is 12.3. The van der Waals surface area contributed by atoms with Gasteiger partial charge in [0.25, 0.3) is 10.0 Å². The molecule has 11 heteroatoms. The highest BCUT2D eigenvalue weighted by atomic mass is 35.5. The van der Waals surface area contributed by atoms with Gasteiger partial charge in [0.15, 0.2) is 0 Å². The monoisotopic (exact) mass is 597 g/mol. The van der Waals surface area contributed by atoms with Gasteiger partial charge in [0.1, 0.15) is 12.1 Å². The molecule has 3 aromatic rings. The number of nitrogens with zero attached hydrogens (tertiary/aromatic N) is 1. The third-order valence-electron chi connectivity index (χ3n) is 6.61. The molecule has 4 rings (SSSR count). The van der Waals surface area contributed by atoms with Crippen molar-refractivity contribution >= 4 is 50.8 Å². The molecule has 41 heavy (non-hydrogen) atoms. The average Bonchev–Trinajstić information content (AvgIpc) is 2.90. The van der Waals surface area contributed by atoms with Gasteiger partial charge in [-0.1, -0.05) is 54.1 Å². The number of carbonyl (C=O) groups excluding carboxylic acids is 3. The summed E-state index contributed by atoms with van der Waals surface area (Å²) in [7, 11) is -4.34. The number of esters is 1. The molecule has 0 unspecified atom stereocenters. The largest absolute Gasteiger partial charge is 0.461 e. The molecule has 2 atom stereocenters. The van der Waals surface area contributed by atoms with Crippen LogP contribution in [-0.2, 0) is 35.6 Å². The Morgan fingerprint density at radius 1 is 1.02 bits per heavy atom. The third kappa shape index (κ3) is 6.71. The van der Waals surface area contributed by atoms with Crippen molar-refractivity contribution < 1.29 is 27.5 Å². The lowest BCUT2D eigenvalue weighted by atomic mass is 10.0. The maximum absolute atomic E-state index is 14.2. The lowest BCUT2D eigenvalue weighted by Crippen LogP contribution is -2.54. The maximum Gasteiger partial charge on any atom is 0.329 e. The van der Waals surface area contributed by atoms with Crippen molar-refractivity contribution in [3.05, 3.63) is 88.4 Å². The molecule has 0 radical (unpaired) electrons. The summed E-state index contributed by atoms with van der Waals surface area (Å²) in [5.41, 5.74) is 2.25. The maximum atomic E-state index is 14.2. The van der Waals surface area contributed by atoms with Crippen molar-refractivity contribution in [3.8, 4) is 0 Å². The van der Waals surface area contributed by atoms with Crippen LogP contribution in [0.25, 0.3) is 0 Å². The van der Waals surface area contributed by atoms with Crippen molar-refractivity contribution in [2.45, 2.75) is 63.6 Å². The molecular weight excluding hydrogens is 566 g/mol. The van der Waals surface area contributed by atoms with Crippen molar-refractivity contribution in [2.75, 3.05) is 9.62 Å². The van der Waals surface area contributed by atoms with E-state index in [0.717, 1.165) is 9.87 Å². The molecule has 9 nitrogen and oxygen atoms in total. The zero-order valence-electron chi connectivity index (χ0n) is 23.2. The third-order valence-corrected chi connectivity index (χ3v) is 8.98. The first-order valence-electron chi connectivity index (χ1n) is 13.1. The van der Waals surface area contributed by atoms with Gasteiger partial charge in [-0.05, 0) is 68.7 Å². The van der Waals surface area contributed by atoms with Gasteiger partial charge in [-0.3, -0.25) is 13.9 Å². The van der Waals surface area contributed by atoms with E-state index in [1.165, 1.54) is 6.07 Å². The molecule has 1 aliphatic rings. The number of carbonyl (C=O) groups is 3. The van der Waals surface area contributed by atoms with Gasteiger partial charge in [0.2, 0.25) is 11.8 Å². The number of aryl methyl sites for hydroxylation is 2. The van der Waals surface area contributed by atoms with E-state index in [-0.39, 0.29) is 17.0 Å². The molecule has 216 valence electrons. The molecule has 2 amide bonds. The first-order chi connectivity index (χ1) is 19.4. The van der Waals surface area contributed by atoms with Crippen LogP contribution in [0.3, 0.4) is 0 Å². The Morgan fingerprint density at radius 2 is 1.68 bits per heavy atom. The summed E-state index contributed by atoms with van der Waals surface area (Å²) in [4.78, 5) is 39.6. The molecule has 0 saturated carbocycles. The van der Waals surface area contributed by atoms with Crippen molar-refractivity contribution in [1.82, 2.24) is 5.32 Å². The topological polar surface area (TPSA) is 122 Å². The Kier molecular flexibility index (Phi) is 9.04. The molecule has 0 saturated heterocycles. The fourth-order valence-corrected chi connectivity index (χ4v) is 6.80. The van der Waals surface area contributed by atoms with Gasteiger partial charge < -0.3 is 15.4 Å². The van der Waals surface area contributed by atoms with Crippen LogP contribution in [-0.4, -0.2) is 44.4 Å². The van der Waals surface area contributed by atoms with Crippen molar-refractivity contribution in [3.63, 3.8) is 0 Å². The minimum atomic E-state index is -4.34. The second-order valence-electron chi connectivity index (χ2n) is 10.2. The Labute approximate surface area is 244 Å². The van der Waals surface area contributed by atoms with E-state index in [0.29, 0.717) is 21.8 Å². The SMILES string of the molecule is Cc1cc(S(=O)(=O)N2c3ccccc3NC(=O)[C@H]2CC(=O)N[C@H](Cc2ccccc2)C(=O)OC(C)C)c(C)cc1Cl. The van der Waals surface area contributed by atoms with E-state index in [1.807, 2.05) is 30.3 Å². The van der Waals surface area contributed by atoms with Gasteiger partial charge in [-0.15, -0.1) is 0 Å². The molecule has 0 aromatic heterocycles. The van der Waals surface area contributed by atoms with Crippen LogP contribution in [0.15, 0.2) is 71.6 Å². The molecule has 1 heterocycles. The summed E-state index contributed by atoms with van der Waals surface area (Å²) >= 11 is 6.22. The normalized spacial score (nSPS) is 15.6. The zero-order chi connectivity index (χ0) is 29.9. The number of hydrogen-bond donors (Lipinski definition) is 2.